The Balaban J connectivity index is 4.14. The highest BCUT2D eigenvalue weighted by atomic mass is 16.4. The summed E-state index contributed by atoms with van der Waals surface area (Å²) >= 11 is 0. The van der Waals surface area contributed by atoms with E-state index in [1.807, 2.05) is 19.9 Å². The van der Waals surface area contributed by atoms with Crippen molar-refractivity contribution in [1.29, 1.82) is 0 Å². The molecule has 0 aromatic rings. The molecule has 0 bridgehead atoms. The van der Waals surface area contributed by atoms with Crippen LogP contribution in [0.1, 0.15) is 20.8 Å². The topological polar surface area (TPSA) is 63.3 Å². The number of hydrogen-bond donors (Lipinski definition) is 2. The van der Waals surface area contributed by atoms with Crippen LogP contribution in [0.4, 0.5) is 0 Å². The minimum atomic E-state index is -0.949. The Kier molecular flexibility index (Phi) is 3.82. The first-order valence-electron chi connectivity index (χ1n) is 3.58. The summed E-state index contributed by atoms with van der Waals surface area (Å²) < 4.78 is 0. The molecule has 0 spiro atoms. The third-order valence-electron chi connectivity index (χ3n) is 1.45. The van der Waals surface area contributed by atoms with Gasteiger partial charge in [0.25, 0.3) is 0 Å². The maximum absolute atomic E-state index is 10.4. The van der Waals surface area contributed by atoms with Gasteiger partial charge in [0, 0.05) is 5.92 Å². The fourth-order valence-electron chi connectivity index (χ4n) is 0.854. The normalized spacial score (nSPS) is 15.3. The van der Waals surface area contributed by atoms with Gasteiger partial charge in [0.1, 0.15) is 6.04 Å². The molecule has 0 amide bonds. The number of carbonyl (C=O) groups is 1. The van der Waals surface area contributed by atoms with Gasteiger partial charge in [0.05, 0.1) is 0 Å². The van der Waals surface area contributed by atoms with Crippen molar-refractivity contribution in [2.45, 2.75) is 26.8 Å². The Morgan fingerprint density at radius 3 is 2.27 bits per heavy atom. The Morgan fingerprint density at radius 2 is 2.00 bits per heavy atom. The SMILES string of the molecule is CC(C)=CC(C)[C@H](N)C(=O)O. The van der Waals surface area contributed by atoms with Gasteiger partial charge in [-0.2, -0.15) is 0 Å². The second-order valence-corrected chi connectivity index (χ2v) is 2.97. The van der Waals surface area contributed by atoms with Gasteiger partial charge in [0.15, 0.2) is 0 Å². The Morgan fingerprint density at radius 1 is 1.55 bits per heavy atom. The van der Waals surface area contributed by atoms with Crippen molar-refractivity contribution in [3.05, 3.63) is 11.6 Å². The molecule has 3 heteroatoms. The van der Waals surface area contributed by atoms with E-state index in [-0.39, 0.29) is 5.92 Å². The van der Waals surface area contributed by atoms with Crippen molar-refractivity contribution in [2.24, 2.45) is 11.7 Å². The lowest BCUT2D eigenvalue weighted by molar-refractivity contribution is -0.139. The van der Waals surface area contributed by atoms with Crippen LogP contribution >= 0.6 is 0 Å². The van der Waals surface area contributed by atoms with E-state index in [1.165, 1.54) is 0 Å². The maximum Gasteiger partial charge on any atom is 0.321 e. The quantitative estimate of drug-likeness (QED) is 0.601. The number of allylic oxidation sites excluding steroid dienone is 1. The molecule has 0 fully saturated rings. The molecular formula is C8H15NO2. The molecule has 64 valence electrons. The van der Waals surface area contributed by atoms with Crippen molar-refractivity contribution in [3.63, 3.8) is 0 Å². The summed E-state index contributed by atoms with van der Waals surface area (Å²) in [6, 6.07) is -0.787. The third kappa shape index (κ3) is 3.78. The van der Waals surface area contributed by atoms with Gasteiger partial charge in [-0.05, 0) is 13.8 Å². The summed E-state index contributed by atoms with van der Waals surface area (Å²) in [7, 11) is 0. The molecule has 0 aliphatic carbocycles. The van der Waals surface area contributed by atoms with E-state index >= 15 is 0 Å². The Hall–Kier alpha value is -0.830. The van der Waals surface area contributed by atoms with Crippen molar-refractivity contribution in [1.82, 2.24) is 0 Å². The predicted molar refractivity (Wildman–Crippen MR) is 44.2 cm³/mol. The average Bonchev–Trinajstić information content (AvgIpc) is 1.84. The highest BCUT2D eigenvalue weighted by Crippen LogP contribution is 2.05. The second kappa shape index (κ2) is 4.13. The molecule has 0 aliphatic heterocycles. The van der Waals surface area contributed by atoms with E-state index < -0.39 is 12.0 Å². The molecule has 0 radical (unpaired) electrons. The number of carboxylic acids is 1. The van der Waals surface area contributed by atoms with Crippen molar-refractivity contribution in [3.8, 4) is 0 Å². The smallest absolute Gasteiger partial charge is 0.321 e. The highest BCUT2D eigenvalue weighted by molar-refractivity contribution is 5.73. The van der Waals surface area contributed by atoms with Gasteiger partial charge in [-0.3, -0.25) is 4.79 Å². The van der Waals surface area contributed by atoms with Crippen LogP contribution in [-0.2, 0) is 4.79 Å². The number of carboxylic acid groups (broad SMARTS) is 1. The van der Waals surface area contributed by atoms with E-state index in [1.54, 1.807) is 6.92 Å². The fourth-order valence-corrected chi connectivity index (χ4v) is 0.854. The Bertz CT molecular complexity index is 171. The van der Waals surface area contributed by atoms with Crippen molar-refractivity contribution >= 4 is 5.97 Å². The summed E-state index contributed by atoms with van der Waals surface area (Å²) in [5, 5.41) is 8.51. The third-order valence-corrected chi connectivity index (χ3v) is 1.45. The molecule has 0 rings (SSSR count). The van der Waals surface area contributed by atoms with Crippen LogP contribution in [0, 0.1) is 5.92 Å². The maximum atomic E-state index is 10.4. The van der Waals surface area contributed by atoms with Crippen molar-refractivity contribution in [2.75, 3.05) is 0 Å². The van der Waals surface area contributed by atoms with E-state index in [4.69, 9.17) is 10.8 Å². The predicted octanol–water partition coefficient (Wildman–Crippen LogP) is 1.00. The second-order valence-electron chi connectivity index (χ2n) is 2.97. The molecule has 3 N–H and O–H groups in total. The molecule has 11 heavy (non-hydrogen) atoms. The summed E-state index contributed by atoms with van der Waals surface area (Å²) in [5.41, 5.74) is 6.46. The lowest BCUT2D eigenvalue weighted by atomic mass is 10.0. The molecule has 1 unspecified atom stereocenters. The number of aliphatic carboxylic acids is 1. The van der Waals surface area contributed by atoms with Crippen LogP contribution in [0.25, 0.3) is 0 Å². The number of hydrogen-bond acceptors (Lipinski definition) is 2. The summed E-state index contributed by atoms with van der Waals surface area (Å²) in [6.07, 6.45) is 1.86. The molecule has 0 saturated heterocycles. The van der Waals surface area contributed by atoms with Crippen LogP contribution in [0.15, 0.2) is 11.6 Å². The van der Waals surface area contributed by atoms with Crippen LogP contribution in [0.3, 0.4) is 0 Å². The zero-order chi connectivity index (χ0) is 9.02. The van der Waals surface area contributed by atoms with Gasteiger partial charge in [-0.1, -0.05) is 18.6 Å². The monoisotopic (exact) mass is 157 g/mol. The van der Waals surface area contributed by atoms with E-state index in [0.717, 1.165) is 5.57 Å². The largest absolute Gasteiger partial charge is 0.480 e. The van der Waals surface area contributed by atoms with Gasteiger partial charge < -0.3 is 10.8 Å². The Labute approximate surface area is 66.9 Å². The average molecular weight is 157 g/mol. The van der Waals surface area contributed by atoms with Gasteiger partial charge in [0.2, 0.25) is 0 Å². The van der Waals surface area contributed by atoms with Crippen LogP contribution in [-0.4, -0.2) is 17.1 Å². The van der Waals surface area contributed by atoms with E-state index in [0.29, 0.717) is 0 Å². The summed E-state index contributed by atoms with van der Waals surface area (Å²) in [5.74, 6) is -1.05. The first kappa shape index (κ1) is 10.2. The number of nitrogens with two attached hydrogens (primary N) is 1. The molecule has 0 aromatic heterocycles. The van der Waals surface area contributed by atoms with Crippen LogP contribution in [0.2, 0.25) is 0 Å². The molecular weight excluding hydrogens is 142 g/mol. The van der Waals surface area contributed by atoms with E-state index in [9.17, 15) is 4.79 Å². The standard InChI is InChI=1S/C8H15NO2/c1-5(2)4-6(3)7(9)8(10)11/h4,6-7H,9H2,1-3H3,(H,10,11)/t6?,7-/m0/s1. The van der Waals surface area contributed by atoms with Crippen LogP contribution < -0.4 is 5.73 Å². The molecule has 0 heterocycles. The van der Waals surface area contributed by atoms with Gasteiger partial charge >= 0.3 is 5.97 Å². The number of rotatable bonds is 3. The molecule has 0 saturated carbocycles. The molecule has 3 nitrogen and oxygen atoms in total. The van der Waals surface area contributed by atoms with E-state index in [2.05, 4.69) is 0 Å². The first-order valence-corrected chi connectivity index (χ1v) is 3.58. The van der Waals surface area contributed by atoms with Gasteiger partial charge in [-0.15, -0.1) is 0 Å². The zero-order valence-electron chi connectivity index (χ0n) is 7.16. The first-order chi connectivity index (χ1) is 4.95. The lowest BCUT2D eigenvalue weighted by Gasteiger charge is -2.11. The van der Waals surface area contributed by atoms with Gasteiger partial charge in [-0.25, -0.2) is 0 Å². The molecule has 0 aromatic carbocycles. The molecule has 2 atom stereocenters. The van der Waals surface area contributed by atoms with Crippen molar-refractivity contribution < 1.29 is 9.90 Å². The lowest BCUT2D eigenvalue weighted by Crippen LogP contribution is -2.35. The summed E-state index contributed by atoms with van der Waals surface area (Å²) in [6.45, 7) is 5.64. The summed E-state index contributed by atoms with van der Waals surface area (Å²) in [4.78, 5) is 10.4. The zero-order valence-corrected chi connectivity index (χ0v) is 7.16. The highest BCUT2D eigenvalue weighted by Gasteiger charge is 2.17. The minimum absolute atomic E-state index is 0.0995. The molecule has 0 aliphatic rings. The van der Waals surface area contributed by atoms with Crippen LogP contribution in [0.5, 0.6) is 0 Å². The fraction of sp³-hybridized carbons (Fsp3) is 0.625. The minimum Gasteiger partial charge on any atom is -0.480 e.